The van der Waals surface area contributed by atoms with Crippen LogP contribution in [0.25, 0.3) is 0 Å². The number of carbonyl (C=O) groups excluding carboxylic acids is 2. The van der Waals surface area contributed by atoms with Crippen LogP contribution in [0, 0.1) is 0 Å². The van der Waals surface area contributed by atoms with E-state index in [9.17, 15) is 14.7 Å². The van der Waals surface area contributed by atoms with E-state index in [4.69, 9.17) is 0 Å². The van der Waals surface area contributed by atoms with E-state index < -0.39 is 17.7 Å². The van der Waals surface area contributed by atoms with E-state index in [0.29, 0.717) is 37.3 Å². The molecule has 0 spiro atoms. The number of nitrogens with zero attached hydrogens (tertiary/aromatic N) is 3. The van der Waals surface area contributed by atoms with E-state index in [1.165, 1.54) is 0 Å². The minimum absolute atomic E-state index is 0.0854. The van der Waals surface area contributed by atoms with Gasteiger partial charge in [0, 0.05) is 5.69 Å². The maximum atomic E-state index is 13.5. The van der Waals surface area contributed by atoms with Crippen LogP contribution in [0.1, 0.15) is 40.5 Å². The lowest BCUT2D eigenvalue weighted by Crippen LogP contribution is -2.74. The highest BCUT2D eigenvalue weighted by Crippen LogP contribution is 2.44. The molecule has 1 fully saturated rings. The fourth-order valence-electron chi connectivity index (χ4n) is 5.36. The zero-order valence-electron chi connectivity index (χ0n) is 18.7. The minimum Gasteiger partial charge on any atom is -0.324 e. The lowest BCUT2D eigenvalue weighted by Gasteiger charge is -2.49. The summed E-state index contributed by atoms with van der Waals surface area (Å²) in [6, 6.07) is 26.7. The van der Waals surface area contributed by atoms with Crippen LogP contribution in [0.15, 0.2) is 84.9 Å². The third-order valence-electron chi connectivity index (χ3n) is 6.96. The first-order valence-electron chi connectivity index (χ1n) is 11.4. The molecule has 2 heterocycles. The van der Waals surface area contributed by atoms with Gasteiger partial charge < -0.3 is 10.0 Å². The lowest BCUT2D eigenvalue weighted by atomic mass is 10.1. The van der Waals surface area contributed by atoms with Gasteiger partial charge in [-0.1, -0.05) is 55.5 Å². The van der Waals surface area contributed by atoms with Crippen molar-refractivity contribution in [2.75, 3.05) is 24.7 Å². The molecule has 0 aliphatic carbocycles. The van der Waals surface area contributed by atoms with Crippen molar-refractivity contribution in [1.82, 2.24) is 9.38 Å². The molecule has 3 aromatic carbocycles. The summed E-state index contributed by atoms with van der Waals surface area (Å²) in [5, 5.41) is 12.5. The number of para-hydroxylation sites is 2. The van der Waals surface area contributed by atoms with Crippen LogP contribution in [0.5, 0.6) is 0 Å². The Kier molecular flexibility index (Phi) is 5.27. The molecule has 0 bridgehead atoms. The van der Waals surface area contributed by atoms with Gasteiger partial charge in [0.05, 0.1) is 24.1 Å². The number of hydrogen-bond donors (Lipinski definition) is 1. The molecule has 33 heavy (non-hydrogen) atoms. The topological polar surface area (TPSA) is 60.9 Å². The van der Waals surface area contributed by atoms with Crippen molar-refractivity contribution in [3.8, 4) is 0 Å². The van der Waals surface area contributed by atoms with Gasteiger partial charge in [-0.25, -0.2) is 4.48 Å². The molecule has 6 nitrogen and oxygen atoms in total. The van der Waals surface area contributed by atoms with Crippen LogP contribution >= 0.6 is 0 Å². The number of quaternary nitrogens is 1. The lowest BCUT2D eigenvalue weighted by molar-refractivity contribution is -0.171. The fraction of sp³-hybridized carbons (Fsp3) is 0.259. The second-order valence-electron chi connectivity index (χ2n) is 8.78. The molecule has 2 aliphatic heterocycles. The van der Waals surface area contributed by atoms with E-state index in [2.05, 4.69) is 4.90 Å². The van der Waals surface area contributed by atoms with E-state index >= 15 is 0 Å². The highest BCUT2D eigenvalue weighted by Gasteiger charge is 2.63. The van der Waals surface area contributed by atoms with Gasteiger partial charge >= 0.3 is 0 Å². The first-order chi connectivity index (χ1) is 16.0. The predicted octanol–water partition coefficient (Wildman–Crippen LogP) is 4.21. The summed E-state index contributed by atoms with van der Waals surface area (Å²) in [5.41, 5.74) is 2.63. The average molecular weight is 443 g/mol. The molecule has 168 valence electrons. The van der Waals surface area contributed by atoms with Gasteiger partial charge in [0.1, 0.15) is 12.2 Å². The number of amides is 2. The third-order valence-corrected chi connectivity index (χ3v) is 6.96. The zero-order valence-corrected chi connectivity index (χ0v) is 18.7. The van der Waals surface area contributed by atoms with Crippen molar-refractivity contribution < 1.29 is 14.7 Å². The molecule has 0 aromatic heterocycles. The molecule has 0 radical (unpaired) electrons. The molecule has 1 N–H and O–H groups in total. The molecule has 3 aromatic rings. The maximum absolute atomic E-state index is 13.5. The SMILES string of the molecule is CCCC(O)(N1C(=O)c2ccccc2C1=O)[N+]1(c2ccccc2)CCN(c2ccccc2)C1. The van der Waals surface area contributed by atoms with Crippen LogP contribution in [0.3, 0.4) is 0 Å². The van der Waals surface area contributed by atoms with Crippen LogP contribution < -0.4 is 9.38 Å². The smallest absolute Gasteiger partial charge is 0.300 e. The minimum atomic E-state index is -1.73. The first kappa shape index (κ1) is 21.4. The highest BCUT2D eigenvalue weighted by atomic mass is 16.4. The normalized spacial score (nSPS) is 21.9. The fourth-order valence-corrected chi connectivity index (χ4v) is 5.36. The number of hydrogen-bond acceptors (Lipinski definition) is 4. The van der Waals surface area contributed by atoms with E-state index in [1.807, 2.05) is 67.6 Å². The van der Waals surface area contributed by atoms with Crippen LogP contribution in [-0.2, 0) is 0 Å². The van der Waals surface area contributed by atoms with Gasteiger partial charge in [-0.2, -0.15) is 4.90 Å². The Balaban J connectivity index is 1.66. The van der Waals surface area contributed by atoms with Gasteiger partial charge in [-0.15, -0.1) is 0 Å². The number of aliphatic hydroxyl groups is 1. The van der Waals surface area contributed by atoms with Gasteiger partial charge in [-0.3, -0.25) is 9.59 Å². The van der Waals surface area contributed by atoms with Crippen molar-refractivity contribution in [2.45, 2.75) is 25.6 Å². The quantitative estimate of drug-likeness (QED) is 0.459. The Morgan fingerprint density at radius 2 is 1.39 bits per heavy atom. The Hall–Kier alpha value is -3.48. The Morgan fingerprint density at radius 3 is 1.97 bits per heavy atom. The van der Waals surface area contributed by atoms with Crippen molar-refractivity contribution in [1.29, 1.82) is 0 Å². The largest absolute Gasteiger partial charge is 0.324 e. The summed E-state index contributed by atoms with van der Waals surface area (Å²) < 4.78 is 0.0854. The van der Waals surface area contributed by atoms with Crippen molar-refractivity contribution in [2.24, 2.45) is 0 Å². The molecule has 2 atom stereocenters. The summed E-state index contributed by atoms with van der Waals surface area (Å²) in [6.07, 6.45) is 0.887. The summed E-state index contributed by atoms with van der Waals surface area (Å²) in [5.74, 6) is -2.59. The molecular weight excluding hydrogens is 414 g/mol. The van der Waals surface area contributed by atoms with Gasteiger partial charge in [0.2, 0.25) is 0 Å². The van der Waals surface area contributed by atoms with Gasteiger partial charge in [0.15, 0.2) is 6.67 Å². The predicted molar refractivity (Wildman–Crippen MR) is 129 cm³/mol. The highest BCUT2D eigenvalue weighted by molar-refractivity contribution is 6.21. The molecule has 0 saturated carbocycles. The van der Waals surface area contributed by atoms with E-state index in [-0.39, 0.29) is 10.9 Å². The standard InChI is InChI=1S/C27H28N3O3/c1-2-17-27(33,29-25(31)23-15-9-10-16-24(23)26(29)32)30(22-13-7-4-8-14-22)19-18-28(20-30)21-11-5-3-6-12-21/h3-16,33H,2,17-20H2,1H3/q+1. The molecule has 1 saturated heterocycles. The molecule has 6 heteroatoms. The molecular formula is C27H28N3O3+. The van der Waals surface area contributed by atoms with Crippen molar-refractivity contribution in [3.63, 3.8) is 0 Å². The summed E-state index contributed by atoms with van der Waals surface area (Å²) in [6.45, 7) is 3.66. The van der Waals surface area contributed by atoms with Crippen molar-refractivity contribution in [3.05, 3.63) is 96.1 Å². The van der Waals surface area contributed by atoms with Gasteiger partial charge in [0.25, 0.3) is 17.7 Å². The summed E-state index contributed by atoms with van der Waals surface area (Å²) >= 11 is 0. The number of rotatable bonds is 6. The summed E-state index contributed by atoms with van der Waals surface area (Å²) in [7, 11) is 0. The number of anilines is 1. The third kappa shape index (κ3) is 3.17. The van der Waals surface area contributed by atoms with Crippen LogP contribution in [0.2, 0.25) is 0 Å². The van der Waals surface area contributed by atoms with Gasteiger partial charge in [-0.05, 0) is 42.8 Å². The average Bonchev–Trinajstić information content (AvgIpc) is 3.42. The molecule has 2 unspecified atom stereocenters. The second-order valence-corrected chi connectivity index (χ2v) is 8.78. The number of imide groups is 1. The second kappa shape index (κ2) is 8.14. The number of carbonyl (C=O) groups is 2. The summed E-state index contributed by atoms with van der Waals surface area (Å²) in [4.78, 5) is 30.4. The van der Waals surface area contributed by atoms with Crippen LogP contribution in [0.4, 0.5) is 11.4 Å². The maximum Gasteiger partial charge on any atom is 0.300 e. The Labute approximate surface area is 193 Å². The molecule has 2 amide bonds. The molecule has 5 rings (SSSR count). The Morgan fingerprint density at radius 1 is 0.848 bits per heavy atom. The first-order valence-corrected chi connectivity index (χ1v) is 11.4. The Bertz CT molecular complexity index is 1150. The van der Waals surface area contributed by atoms with Crippen LogP contribution in [-0.4, -0.2) is 47.4 Å². The number of fused-ring (bicyclic) bond motifs is 1. The van der Waals surface area contributed by atoms with Crippen molar-refractivity contribution >= 4 is 23.2 Å². The monoisotopic (exact) mass is 442 g/mol. The number of benzene rings is 3. The van der Waals surface area contributed by atoms with E-state index in [0.717, 1.165) is 16.3 Å². The van der Waals surface area contributed by atoms with E-state index in [1.54, 1.807) is 24.3 Å². The molecule has 2 aliphatic rings. The zero-order chi connectivity index (χ0) is 23.1.